The minimum atomic E-state index is -0.990. The number of β-amino-alcohol motifs (C(OH)–C–C–N with tert-alkyl or cyclic N) is 1. The van der Waals surface area contributed by atoms with Crippen LogP contribution >= 0.6 is 0 Å². The third-order valence-electron chi connectivity index (χ3n) is 5.69. The monoisotopic (exact) mass is 328 g/mol. The predicted molar refractivity (Wildman–Crippen MR) is 86.3 cm³/mol. The molecule has 0 radical (unpaired) electrons. The number of carbonyl (C=O) groups is 3. The SMILES string of the molecule is C[C@]12C(=O)c3ccccc3NC(=O)[C@@H]1[C@H]2C(=O)N1CCC[C@@H](O)C1. The van der Waals surface area contributed by atoms with Crippen LogP contribution in [-0.2, 0) is 9.59 Å². The van der Waals surface area contributed by atoms with E-state index in [1.165, 1.54) is 0 Å². The number of aliphatic hydroxyl groups excluding tert-OH is 1. The van der Waals surface area contributed by atoms with Gasteiger partial charge in [0.1, 0.15) is 0 Å². The molecule has 1 saturated heterocycles. The summed E-state index contributed by atoms with van der Waals surface area (Å²) in [6, 6.07) is 6.92. The highest BCUT2D eigenvalue weighted by Gasteiger charge is 2.73. The third-order valence-corrected chi connectivity index (χ3v) is 5.69. The Bertz CT molecular complexity index is 746. The molecule has 24 heavy (non-hydrogen) atoms. The molecule has 2 N–H and O–H groups in total. The van der Waals surface area contributed by atoms with Gasteiger partial charge in [0.15, 0.2) is 5.78 Å². The second-order valence-corrected chi connectivity index (χ2v) is 7.18. The van der Waals surface area contributed by atoms with Crippen LogP contribution in [-0.4, -0.2) is 46.8 Å². The van der Waals surface area contributed by atoms with E-state index in [0.717, 1.165) is 6.42 Å². The molecular formula is C18H20N2O4. The number of amides is 2. The number of ketones is 1. The lowest BCUT2D eigenvalue weighted by Gasteiger charge is -2.30. The molecule has 0 spiro atoms. The summed E-state index contributed by atoms with van der Waals surface area (Å²) in [6.07, 6.45) is 0.899. The Kier molecular flexibility index (Phi) is 3.28. The zero-order chi connectivity index (χ0) is 17.1. The van der Waals surface area contributed by atoms with Crippen molar-refractivity contribution >= 4 is 23.3 Å². The van der Waals surface area contributed by atoms with Crippen LogP contribution in [0.1, 0.15) is 30.1 Å². The summed E-state index contributed by atoms with van der Waals surface area (Å²) in [6.45, 7) is 2.57. The lowest BCUT2D eigenvalue weighted by Crippen LogP contribution is -2.44. The van der Waals surface area contributed by atoms with E-state index in [-0.39, 0.29) is 24.1 Å². The fourth-order valence-electron chi connectivity index (χ4n) is 4.26. The number of carbonyl (C=O) groups excluding carboxylic acids is 3. The van der Waals surface area contributed by atoms with Crippen molar-refractivity contribution in [1.29, 1.82) is 0 Å². The number of hydrogen-bond acceptors (Lipinski definition) is 4. The van der Waals surface area contributed by atoms with Crippen molar-refractivity contribution in [3.63, 3.8) is 0 Å². The van der Waals surface area contributed by atoms with Crippen LogP contribution < -0.4 is 5.32 Å². The van der Waals surface area contributed by atoms with Gasteiger partial charge in [-0.25, -0.2) is 0 Å². The van der Waals surface area contributed by atoms with Crippen molar-refractivity contribution in [2.75, 3.05) is 18.4 Å². The fraction of sp³-hybridized carbons (Fsp3) is 0.500. The summed E-state index contributed by atoms with van der Waals surface area (Å²) in [4.78, 5) is 40.0. The van der Waals surface area contributed by atoms with Gasteiger partial charge >= 0.3 is 0 Å². The van der Waals surface area contributed by atoms with E-state index >= 15 is 0 Å². The molecule has 4 atom stereocenters. The van der Waals surface area contributed by atoms with Crippen LogP contribution in [0.5, 0.6) is 0 Å². The first-order valence-corrected chi connectivity index (χ1v) is 8.36. The Labute approximate surface area is 139 Å². The van der Waals surface area contributed by atoms with Crippen LogP contribution in [0.15, 0.2) is 24.3 Å². The Balaban J connectivity index is 1.66. The average molecular weight is 328 g/mol. The third kappa shape index (κ3) is 2.02. The van der Waals surface area contributed by atoms with Gasteiger partial charge in [0.25, 0.3) is 0 Å². The van der Waals surface area contributed by atoms with E-state index in [0.29, 0.717) is 24.2 Å². The molecule has 0 aromatic heterocycles. The van der Waals surface area contributed by atoms with E-state index in [1.807, 2.05) is 0 Å². The van der Waals surface area contributed by atoms with E-state index in [4.69, 9.17) is 0 Å². The zero-order valence-electron chi connectivity index (χ0n) is 13.5. The van der Waals surface area contributed by atoms with E-state index in [2.05, 4.69) is 5.32 Å². The Hall–Kier alpha value is -2.21. The van der Waals surface area contributed by atoms with Crippen LogP contribution in [0.4, 0.5) is 5.69 Å². The molecule has 2 fully saturated rings. The number of piperidine rings is 1. The quantitative estimate of drug-likeness (QED) is 0.807. The number of fused-ring (bicyclic) bond motifs is 2. The lowest BCUT2D eigenvalue weighted by atomic mass is 9.92. The molecule has 1 aromatic carbocycles. The number of anilines is 1. The van der Waals surface area contributed by atoms with Gasteiger partial charge in [0, 0.05) is 18.7 Å². The summed E-state index contributed by atoms with van der Waals surface area (Å²) in [7, 11) is 0. The normalized spacial score (nSPS) is 34.8. The van der Waals surface area contributed by atoms with Crippen molar-refractivity contribution in [3.05, 3.63) is 29.8 Å². The first-order valence-electron chi connectivity index (χ1n) is 8.36. The maximum Gasteiger partial charge on any atom is 0.229 e. The number of likely N-dealkylation sites (tertiary alicyclic amines) is 1. The molecule has 1 aromatic rings. The van der Waals surface area contributed by atoms with Crippen molar-refractivity contribution in [2.45, 2.75) is 25.9 Å². The van der Waals surface area contributed by atoms with Gasteiger partial charge < -0.3 is 15.3 Å². The molecule has 4 rings (SSSR count). The van der Waals surface area contributed by atoms with E-state index in [9.17, 15) is 19.5 Å². The summed E-state index contributed by atoms with van der Waals surface area (Å²) >= 11 is 0. The minimum Gasteiger partial charge on any atom is -0.391 e. The van der Waals surface area contributed by atoms with Gasteiger partial charge in [-0.15, -0.1) is 0 Å². The minimum absolute atomic E-state index is 0.155. The molecule has 1 aliphatic carbocycles. The first kappa shape index (κ1) is 15.3. The van der Waals surface area contributed by atoms with Crippen LogP contribution in [0, 0.1) is 17.3 Å². The number of hydrogen-bond donors (Lipinski definition) is 2. The standard InChI is InChI=1S/C18H20N2O4/c1-18-13(14(18)17(24)20-8-4-5-10(21)9-20)16(23)19-12-7-3-2-6-11(12)15(18)22/h2-3,6-7,10,13-14,21H,4-5,8-9H2,1H3,(H,19,23)/t10-,13+,14+,18+/m1/s1. The first-order chi connectivity index (χ1) is 11.4. The highest BCUT2D eigenvalue weighted by molar-refractivity contribution is 6.19. The summed E-state index contributed by atoms with van der Waals surface area (Å²) in [5.74, 6) is -1.89. The molecule has 2 amide bonds. The number of para-hydroxylation sites is 1. The van der Waals surface area contributed by atoms with Gasteiger partial charge in [0.2, 0.25) is 11.8 Å². The molecule has 3 aliphatic rings. The van der Waals surface area contributed by atoms with Gasteiger partial charge in [-0.2, -0.15) is 0 Å². The molecule has 1 saturated carbocycles. The summed E-state index contributed by atoms with van der Waals surface area (Å²) in [5, 5.41) is 12.6. The van der Waals surface area contributed by atoms with Crippen LogP contribution in [0.25, 0.3) is 0 Å². The largest absolute Gasteiger partial charge is 0.391 e. The van der Waals surface area contributed by atoms with Crippen molar-refractivity contribution in [1.82, 2.24) is 4.90 Å². The fourth-order valence-corrected chi connectivity index (χ4v) is 4.26. The average Bonchev–Trinajstić information content (AvgIpc) is 3.22. The van der Waals surface area contributed by atoms with Crippen molar-refractivity contribution in [2.24, 2.45) is 17.3 Å². The smallest absolute Gasteiger partial charge is 0.229 e. The lowest BCUT2D eigenvalue weighted by molar-refractivity contribution is -0.137. The van der Waals surface area contributed by atoms with E-state index < -0.39 is 23.4 Å². The maximum atomic E-state index is 13.0. The zero-order valence-corrected chi connectivity index (χ0v) is 13.5. The van der Waals surface area contributed by atoms with Gasteiger partial charge in [0.05, 0.1) is 29.0 Å². The number of nitrogens with one attached hydrogen (secondary N) is 1. The van der Waals surface area contributed by atoms with Crippen molar-refractivity contribution in [3.8, 4) is 0 Å². The number of benzene rings is 1. The molecule has 2 aliphatic heterocycles. The maximum absolute atomic E-state index is 13.0. The highest BCUT2D eigenvalue weighted by atomic mass is 16.3. The second-order valence-electron chi connectivity index (χ2n) is 7.18. The van der Waals surface area contributed by atoms with Gasteiger partial charge in [-0.05, 0) is 25.0 Å². The second kappa shape index (κ2) is 5.14. The summed E-state index contributed by atoms with van der Waals surface area (Å²) in [5.41, 5.74) is -0.0127. The molecule has 6 nitrogen and oxygen atoms in total. The molecule has 2 heterocycles. The Morgan fingerprint density at radius 2 is 2.08 bits per heavy atom. The number of nitrogens with zero attached hydrogens (tertiary/aromatic N) is 1. The van der Waals surface area contributed by atoms with Crippen LogP contribution in [0.2, 0.25) is 0 Å². The summed E-state index contributed by atoms with van der Waals surface area (Å²) < 4.78 is 0. The topological polar surface area (TPSA) is 86.7 Å². The number of aliphatic hydroxyl groups is 1. The Morgan fingerprint density at radius 1 is 1.33 bits per heavy atom. The molecule has 126 valence electrons. The number of Topliss-reactive ketones (excluding diaryl/α,β-unsaturated/α-hetero) is 1. The van der Waals surface area contributed by atoms with Gasteiger partial charge in [-0.3, -0.25) is 14.4 Å². The molecule has 0 unspecified atom stereocenters. The predicted octanol–water partition coefficient (Wildman–Crippen LogP) is 1.06. The van der Waals surface area contributed by atoms with Crippen molar-refractivity contribution < 1.29 is 19.5 Å². The van der Waals surface area contributed by atoms with E-state index in [1.54, 1.807) is 36.1 Å². The Morgan fingerprint density at radius 3 is 2.83 bits per heavy atom. The molecule has 6 heteroatoms. The molecular weight excluding hydrogens is 308 g/mol. The number of rotatable bonds is 1. The molecule has 0 bridgehead atoms. The van der Waals surface area contributed by atoms with Gasteiger partial charge in [-0.1, -0.05) is 19.1 Å². The van der Waals surface area contributed by atoms with Crippen LogP contribution in [0.3, 0.4) is 0 Å². The highest BCUT2D eigenvalue weighted by Crippen LogP contribution is 2.62.